The van der Waals surface area contributed by atoms with Crippen LogP contribution in [-0.2, 0) is 9.59 Å². The van der Waals surface area contributed by atoms with E-state index >= 15 is 0 Å². The number of hydrogen-bond acceptors (Lipinski definition) is 4. The van der Waals surface area contributed by atoms with Crippen LogP contribution in [0.25, 0.3) is 0 Å². The molecule has 8 heteroatoms. The van der Waals surface area contributed by atoms with Gasteiger partial charge in [-0.3, -0.25) is 19.3 Å². The minimum absolute atomic E-state index is 0.0138. The summed E-state index contributed by atoms with van der Waals surface area (Å²) in [5.74, 6) is -0.971. The van der Waals surface area contributed by atoms with Crippen molar-refractivity contribution in [3.05, 3.63) is 41.5 Å². The minimum Gasteiger partial charge on any atom is -0.366 e. The zero-order chi connectivity index (χ0) is 21.0. The molecular formula is C21H26N4O3S. The SMILES string of the molecule is CN1C(=O)C(CC(=O)Nc2ccc(C(N)=O)cc2)N(CCC2=CCCCC2)C1=S. The molecule has 1 fully saturated rings. The topological polar surface area (TPSA) is 95.7 Å². The van der Waals surface area contributed by atoms with Crippen molar-refractivity contribution in [3.63, 3.8) is 0 Å². The zero-order valence-electron chi connectivity index (χ0n) is 16.5. The predicted molar refractivity (Wildman–Crippen MR) is 115 cm³/mol. The first-order valence-electron chi connectivity index (χ1n) is 9.82. The first kappa shape index (κ1) is 21.0. The van der Waals surface area contributed by atoms with Crippen LogP contribution in [0.15, 0.2) is 35.9 Å². The highest BCUT2D eigenvalue weighted by molar-refractivity contribution is 7.80. The first-order valence-corrected chi connectivity index (χ1v) is 10.2. The monoisotopic (exact) mass is 414 g/mol. The summed E-state index contributed by atoms with van der Waals surface area (Å²) in [7, 11) is 1.65. The molecule has 0 bridgehead atoms. The van der Waals surface area contributed by atoms with Crippen molar-refractivity contribution in [2.75, 3.05) is 18.9 Å². The molecule has 0 aromatic heterocycles. The first-order chi connectivity index (χ1) is 13.9. The highest BCUT2D eigenvalue weighted by Crippen LogP contribution is 2.25. The average molecular weight is 415 g/mol. The van der Waals surface area contributed by atoms with Crippen LogP contribution in [0.1, 0.15) is 48.9 Å². The Labute approximate surface area is 175 Å². The van der Waals surface area contributed by atoms with Crippen LogP contribution in [0.2, 0.25) is 0 Å². The second kappa shape index (κ2) is 9.17. The molecule has 1 aliphatic carbocycles. The van der Waals surface area contributed by atoms with E-state index in [0.717, 1.165) is 19.3 Å². The van der Waals surface area contributed by atoms with Gasteiger partial charge in [-0.15, -0.1) is 0 Å². The zero-order valence-corrected chi connectivity index (χ0v) is 17.3. The largest absolute Gasteiger partial charge is 0.366 e. The van der Waals surface area contributed by atoms with Gasteiger partial charge in [-0.2, -0.15) is 0 Å². The minimum atomic E-state index is -0.596. The third-order valence-electron chi connectivity index (χ3n) is 5.42. The number of anilines is 1. The van der Waals surface area contributed by atoms with Crippen molar-refractivity contribution in [1.82, 2.24) is 9.80 Å². The quantitative estimate of drug-likeness (QED) is 0.528. The number of likely N-dealkylation sites (N-methyl/N-ethyl adjacent to an activating group) is 1. The van der Waals surface area contributed by atoms with Crippen molar-refractivity contribution in [2.45, 2.75) is 44.6 Å². The number of benzene rings is 1. The summed E-state index contributed by atoms with van der Waals surface area (Å²) < 4.78 is 0. The van der Waals surface area contributed by atoms with Crippen molar-refractivity contribution < 1.29 is 14.4 Å². The molecular weight excluding hydrogens is 388 g/mol. The number of nitrogens with two attached hydrogens (primary N) is 1. The summed E-state index contributed by atoms with van der Waals surface area (Å²) >= 11 is 5.44. The molecule has 3 rings (SSSR count). The lowest BCUT2D eigenvalue weighted by Crippen LogP contribution is -2.38. The van der Waals surface area contributed by atoms with Gasteiger partial charge in [0.1, 0.15) is 6.04 Å². The van der Waals surface area contributed by atoms with Gasteiger partial charge in [0.05, 0.1) is 6.42 Å². The molecule has 0 radical (unpaired) electrons. The summed E-state index contributed by atoms with van der Waals surface area (Å²) in [5, 5.41) is 3.24. The Bertz CT molecular complexity index is 850. The van der Waals surface area contributed by atoms with Crippen molar-refractivity contribution in [1.29, 1.82) is 0 Å². The van der Waals surface area contributed by atoms with Gasteiger partial charge in [0.2, 0.25) is 11.8 Å². The third-order valence-corrected chi connectivity index (χ3v) is 5.92. The van der Waals surface area contributed by atoms with Crippen LogP contribution in [0.3, 0.4) is 0 Å². The van der Waals surface area contributed by atoms with Crippen LogP contribution < -0.4 is 11.1 Å². The fourth-order valence-electron chi connectivity index (χ4n) is 3.73. The Hall–Kier alpha value is -2.74. The van der Waals surface area contributed by atoms with Gasteiger partial charge in [-0.1, -0.05) is 11.6 Å². The molecule has 1 saturated heterocycles. The summed E-state index contributed by atoms with van der Waals surface area (Å²) in [6, 6.07) is 5.72. The number of carbonyl (C=O) groups excluding carboxylic acids is 3. The number of nitrogens with one attached hydrogen (secondary N) is 1. The standard InChI is InChI=1S/C21H26N4O3S/c1-24-20(28)17(25(21(24)29)12-11-14-5-3-2-4-6-14)13-18(26)23-16-9-7-15(8-10-16)19(22)27/h5,7-10,17H,2-4,6,11-13H2,1H3,(H2,22,27)(H,23,26). The molecule has 29 heavy (non-hydrogen) atoms. The lowest BCUT2D eigenvalue weighted by molar-refractivity contribution is -0.130. The summed E-state index contributed by atoms with van der Waals surface area (Å²) in [6.45, 7) is 0.631. The Kier molecular flexibility index (Phi) is 6.64. The number of rotatable bonds is 7. The van der Waals surface area contributed by atoms with E-state index < -0.39 is 11.9 Å². The molecule has 1 heterocycles. The van der Waals surface area contributed by atoms with Gasteiger partial charge in [0.25, 0.3) is 5.91 Å². The maximum atomic E-state index is 12.6. The number of allylic oxidation sites excluding steroid dienone is 1. The highest BCUT2D eigenvalue weighted by atomic mass is 32.1. The third kappa shape index (κ3) is 5.00. The Balaban J connectivity index is 1.63. The fraction of sp³-hybridized carbons (Fsp3) is 0.429. The average Bonchev–Trinajstić information content (AvgIpc) is 2.91. The van der Waals surface area contributed by atoms with Gasteiger partial charge in [0.15, 0.2) is 5.11 Å². The van der Waals surface area contributed by atoms with E-state index in [1.165, 1.54) is 23.3 Å². The number of thiocarbonyl (C=S) groups is 1. The second-order valence-electron chi connectivity index (χ2n) is 7.44. The molecule has 1 atom stereocenters. The predicted octanol–water partition coefficient (Wildman–Crippen LogP) is 2.43. The van der Waals surface area contributed by atoms with Crippen LogP contribution in [-0.4, -0.2) is 52.3 Å². The van der Waals surface area contributed by atoms with Gasteiger partial charge in [0, 0.05) is 24.8 Å². The maximum Gasteiger partial charge on any atom is 0.251 e. The molecule has 3 N–H and O–H groups in total. The highest BCUT2D eigenvalue weighted by Gasteiger charge is 2.41. The van der Waals surface area contributed by atoms with Gasteiger partial charge in [-0.25, -0.2) is 0 Å². The van der Waals surface area contributed by atoms with E-state index in [2.05, 4.69) is 11.4 Å². The summed E-state index contributed by atoms with van der Waals surface area (Å²) in [6.07, 6.45) is 7.79. The molecule has 1 unspecified atom stereocenters. The van der Waals surface area contributed by atoms with E-state index in [1.807, 2.05) is 4.90 Å². The molecule has 0 spiro atoms. The van der Waals surface area contributed by atoms with E-state index in [1.54, 1.807) is 31.3 Å². The second-order valence-corrected chi connectivity index (χ2v) is 7.81. The molecule has 1 aromatic rings. The van der Waals surface area contributed by atoms with E-state index in [9.17, 15) is 14.4 Å². The van der Waals surface area contributed by atoms with Crippen molar-refractivity contribution in [2.24, 2.45) is 5.73 Å². The molecule has 3 amide bonds. The molecule has 1 aliphatic heterocycles. The smallest absolute Gasteiger partial charge is 0.251 e. The number of primary amides is 1. The number of amides is 3. The Morgan fingerprint density at radius 3 is 2.59 bits per heavy atom. The van der Waals surface area contributed by atoms with E-state index in [0.29, 0.717) is 22.9 Å². The van der Waals surface area contributed by atoms with E-state index in [4.69, 9.17) is 18.0 Å². The molecule has 2 aliphatic rings. The fourth-order valence-corrected chi connectivity index (χ4v) is 4.04. The Morgan fingerprint density at radius 2 is 1.97 bits per heavy atom. The van der Waals surface area contributed by atoms with Crippen molar-refractivity contribution >= 4 is 40.7 Å². The summed E-state index contributed by atoms with van der Waals surface area (Å²) in [4.78, 5) is 39.6. The number of hydrogen-bond donors (Lipinski definition) is 2. The molecule has 1 aromatic carbocycles. The normalized spacial score (nSPS) is 19.3. The van der Waals surface area contributed by atoms with Crippen LogP contribution in [0.5, 0.6) is 0 Å². The maximum absolute atomic E-state index is 12.6. The lowest BCUT2D eigenvalue weighted by atomic mass is 9.97. The molecule has 0 saturated carbocycles. The van der Waals surface area contributed by atoms with Crippen LogP contribution in [0, 0.1) is 0 Å². The van der Waals surface area contributed by atoms with Crippen LogP contribution >= 0.6 is 12.2 Å². The van der Waals surface area contributed by atoms with Gasteiger partial charge in [-0.05, 0) is 68.6 Å². The van der Waals surface area contributed by atoms with Gasteiger partial charge < -0.3 is 16.0 Å². The van der Waals surface area contributed by atoms with Gasteiger partial charge >= 0.3 is 0 Å². The lowest BCUT2D eigenvalue weighted by Gasteiger charge is -2.24. The molecule has 7 nitrogen and oxygen atoms in total. The number of carbonyl (C=O) groups is 3. The van der Waals surface area contributed by atoms with E-state index in [-0.39, 0.29) is 18.2 Å². The van der Waals surface area contributed by atoms with Crippen LogP contribution in [0.4, 0.5) is 5.69 Å². The van der Waals surface area contributed by atoms with Crippen molar-refractivity contribution in [3.8, 4) is 0 Å². The molecule has 154 valence electrons. The Morgan fingerprint density at radius 1 is 1.24 bits per heavy atom. The number of nitrogens with zero attached hydrogens (tertiary/aromatic N) is 2. The summed E-state index contributed by atoms with van der Waals surface area (Å²) in [5.41, 5.74) is 7.53.